The second-order valence-electron chi connectivity index (χ2n) is 5.40. The SMILES string of the molecule is Cn1ccnc1CN(Cc1cccc(C#N)c1)C1CC1. The third-order valence-electron chi connectivity index (χ3n) is 3.77. The zero-order chi connectivity index (χ0) is 13.9. The quantitative estimate of drug-likeness (QED) is 0.835. The molecule has 2 aromatic rings. The minimum absolute atomic E-state index is 0.664. The van der Waals surface area contributed by atoms with Crippen LogP contribution in [0.2, 0.25) is 0 Å². The third-order valence-corrected chi connectivity index (χ3v) is 3.77. The van der Waals surface area contributed by atoms with Gasteiger partial charge in [0.2, 0.25) is 0 Å². The molecule has 3 rings (SSSR count). The van der Waals surface area contributed by atoms with Gasteiger partial charge in [-0.2, -0.15) is 5.26 Å². The topological polar surface area (TPSA) is 44.9 Å². The van der Waals surface area contributed by atoms with Gasteiger partial charge in [-0.25, -0.2) is 4.98 Å². The molecule has 4 nitrogen and oxygen atoms in total. The standard InChI is InChI=1S/C16H18N4/c1-19-8-7-18-16(19)12-20(15-5-6-15)11-14-4-2-3-13(9-14)10-17/h2-4,7-9,15H,5-6,11-12H2,1H3. The van der Waals surface area contributed by atoms with E-state index < -0.39 is 0 Å². The number of benzene rings is 1. The highest BCUT2D eigenvalue weighted by Gasteiger charge is 2.29. The van der Waals surface area contributed by atoms with Crippen molar-refractivity contribution in [1.82, 2.24) is 14.5 Å². The summed E-state index contributed by atoms with van der Waals surface area (Å²) in [4.78, 5) is 6.87. The van der Waals surface area contributed by atoms with Gasteiger partial charge in [-0.15, -0.1) is 0 Å². The maximum atomic E-state index is 8.98. The first-order valence-corrected chi connectivity index (χ1v) is 6.95. The maximum absolute atomic E-state index is 8.98. The minimum atomic E-state index is 0.664. The van der Waals surface area contributed by atoms with Crippen molar-refractivity contribution in [1.29, 1.82) is 5.26 Å². The fourth-order valence-electron chi connectivity index (χ4n) is 2.46. The van der Waals surface area contributed by atoms with Gasteiger partial charge in [-0.3, -0.25) is 4.90 Å². The van der Waals surface area contributed by atoms with E-state index in [2.05, 4.69) is 26.6 Å². The zero-order valence-corrected chi connectivity index (χ0v) is 11.7. The number of rotatable bonds is 5. The molecular formula is C16H18N4. The summed E-state index contributed by atoms with van der Waals surface area (Å²) < 4.78 is 2.07. The van der Waals surface area contributed by atoms with Gasteiger partial charge in [-0.1, -0.05) is 12.1 Å². The number of nitrogens with zero attached hydrogens (tertiary/aromatic N) is 4. The molecule has 0 radical (unpaired) electrons. The number of aryl methyl sites for hydroxylation is 1. The Morgan fingerprint density at radius 2 is 2.25 bits per heavy atom. The van der Waals surface area contributed by atoms with Gasteiger partial charge >= 0.3 is 0 Å². The highest BCUT2D eigenvalue weighted by molar-refractivity contribution is 5.32. The van der Waals surface area contributed by atoms with Gasteiger partial charge < -0.3 is 4.57 Å². The zero-order valence-electron chi connectivity index (χ0n) is 11.7. The first kappa shape index (κ1) is 12.9. The molecule has 0 saturated heterocycles. The third kappa shape index (κ3) is 2.89. The summed E-state index contributed by atoms with van der Waals surface area (Å²) in [6, 6.07) is 10.8. The molecule has 1 saturated carbocycles. The fourth-order valence-corrected chi connectivity index (χ4v) is 2.46. The van der Waals surface area contributed by atoms with E-state index in [1.165, 1.54) is 18.4 Å². The summed E-state index contributed by atoms with van der Waals surface area (Å²) in [5, 5.41) is 8.98. The summed E-state index contributed by atoms with van der Waals surface area (Å²) in [5.41, 5.74) is 1.93. The normalized spacial score (nSPS) is 14.4. The number of aromatic nitrogens is 2. The van der Waals surface area contributed by atoms with Crippen molar-refractivity contribution < 1.29 is 0 Å². The number of nitriles is 1. The fraction of sp³-hybridized carbons (Fsp3) is 0.375. The van der Waals surface area contributed by atoms with Gasteiger partial charge in [-0.05, 0) is 30.5 Å². The molecule has 0 N–H and O–H groups in total. The van der Waals surface area contributed by atoms with Crippen LogP contribution in [0.25, 0.3) is 0 Å². The molecule has 1 heterocycles. The Labute approximate surface area is 119 Å². The maximum Gasteiger partial charge on any atom is 0.122 e. The molecule has 1 fully saturated rings. The lowest BCUT2D eigenvalue weighted by Crippen LogP contribution is -2.26. The Balaban J connectivity index is 1.74. The highest BCUT2D eigenvalue weighted by Crippen LogP contribution is 2.29. The molecule has 1 aromatic carbocycles. The molecule has 0 unspecified atom stereocenters. The second-order valence-corrected chi connectivity index (χ2v) is 5.40. The first-order valence-electron chi connectivity index (χ1n) is 6.95. The van der Waals surface area contributed by atoms with Crippen molar-refractivity contribution in [3.63, 3.8) is 0 Å². The Morgan fingerprint density at radius 1 is 1.40 bits per heavy atom. The van der Waals surface area contributed by atoms with Crippen LogP contribution in [0, 0.1) is 11.3 Å². The summed E-state index contributed by atoms with van der Waals surface area (Å²) in [6.45, 7) is 1.75. The molecule has 102 valence electrons. The Morgan fingerprint density at radius 3 is 2.90 bits per heavy atom. The van der Waals surface area contributed by atoms with Crippen LogP contribution in [-0.4, -0.2) is 20.5 Å². The van der Waals surface area contributed by atoms with Crippen molar-refractivity contribution in [3.8, 4) is 6.07 Å². The van der Waals surface area contributed by atoms with E-state index >= 15 is 0 Å². The lowest BCUT2D eigenvalue weighted by molar-refractivity contribution is 0.237. The second kappa shape index (κ2) is 5.48. The summed E-state index contributed by atoms with van der Waals surface area (Å²) in [6.07, 6.45) is 6.36. The molecular weight excluding hydrogens is 248 g/mol. The smallest absolute Gasteiger partial charge is 0.122 e. The molecule has 1 aliphatic carbocycles. The van der Waals surface area contributed by atoms with E-state index in [1.54, 1.807) is 0 Å². The van der Waals surface area contributed by atoms with Crippen molar-refractivity contribution >= 4 is 0 Å². The van der Waals surface area contributed by atoms with E-state index in [-0.39, 0.29) is 0 Å². The van der Waals surface area contributed by atoms with E-state index in [0.29, 0.717) is 6.04 Å². The molecule has 0 spiro atoms. The number of imidazole rings is 1. The predicted octanol–water partition coefficient (Wildman–Crippen LogP) is 2.46. The van der Waals surface area contributed by atoms with Crippen LogP contribution in [0.5, 0.6) is 0 Å². The lowest BCUT2D eigenvalue weighted by atomic mass is 10.1. The summed E-state index contributed by atoms with van der Waals surface area (Å²) in [5.74, 6) is 1.09. The highest BCUT2D eigenvalue weighted by atomic mass is 15.2. The van der Waals surface area contributed by atoms with Gasteiger partial charge in [0.25, 0.3) is 0 Å². The molecule has 1 aliphatic rings. The van der Waals surface area contributed by atoms with Gasteiger partial charge in [0.15, 0.2) is 0 Å². The molecule has 0 bridgehead atoms. The van der Waals surface area contributed by atoms with Crippen molar-refractivity contribution in [2.75, 3.05) is 0 Å². The van der Waals surface area contributed by atoms with Crippen LogP contribution in [0.3, 0.4) is 0 Å². The van der Waals surface area contributed by atoms with Crippen LogP contribution in [0.1, 0.15) is 29.8 Å². The monoisotopic (exact) mass is 266 g/mol. The lowest BCUT2D eigenvalue weighted by Gasteiger charge is -2.21. The molecule has 0 atom stereocenters. The molecule has 1 aromatic heterocycles. The summed E-state index contributed by atoms with van der Waals surface area (Å²) in [7, 11) is 2.03. The predicted molar refractivity (Wildman–Crippen MR) is 76.6 cm³/mol. The molecule has 20 heavy (non-hydrogen) atoms. The van der Waals surface area contributed by atoms with Crippen LogP contribution in [-0.2, 0) is 20.1 Å². The van der Waals surface area contributed by atoms with Crippen molar-refractivity contribution in [2.45, 2.75) is 32.0 Å². The van der Waals surface area contributed by atoms with Gasteiger partial charge in [0, 0.05) is 32.0 Å². The Kier molecular flexibility index (Phi) is 3.53. The van der Waals surface area contributed by atoms with Gasteiger partial charge in [0.05, 0.1) is 18.2 Å². The first-order chi connectivity index (χ1) is 9.76. The van der Waals surface area contributed by atoms with Crippen LogP contribution in [0.4, 0.5) is 0 Å². The largest absolute Gasteiger partial charge is 0.337 e. The summed E-state index contributed by atoms with van der Waals surface area (Å²) >= 11 is 0. The van der Waals surface area contributed by atoms with Crippen molar-refractivity contribution in [2.24, 2.45) is 7.05 Å². The van der Waals surface area contributed by atoms with Crippen molar-refractivity contribution in [3.05, 3.63) is 53.6 Å². The molecule has 0 amide bonds. The van der Waals surface area contributed by atoms with Crippen LogP contribution >= 0.6 is 0 Å². The number of hydrogen-bond acceptors (Lipinski definition) is 3. The number of hydrogen-bond donors (Lipinski definition) is 0. The Bertz CT molecular complexity index is 634. The average Bonchev–Trinajstić information content (AvgIpc) is 3.23. The Hall–Kier alpha value is -2.12. The van der Waals surface area contributed by atoms with E-state index in [0.717, 1.165) is 24.5 Å². The van der Waals surface area contributed by atoms with E-state index in [1.807, 2.05) is 37.6 Å². The van der Waals surface area contributed by atoms with Crippen LogP contribution < -0.4 is 0 Å². The van der Waals surface area contributed by atoms with Crippen LogP contribution in [0.15, 0.2) is 36.7 Å². The molecule has 4 heteroatoms. The van der Waals surface area contributed by atoms with Gasteiger partial charge in [0.1, 0.15) is 5.82 Å². The average molecular weight is 266 g/mol. The van der Waals surface area contributed by atoms with E-state index in [9.17, 15) is 0 Å². The minimum Gasteiger partial charge on any atom is -0.337 e. The molecule has 0 aliphatic heterocycles. The van der Waals surface area contributed by atoms with E-state index in [4.69, 9.17) is 5.26 Å².